The molecule has 0 aliphatic carbocycles. The fourth-order valence-electron chi connectivity index (χ4n) is 2.72. The Hall–Kier alpha value is -2.27. The van der Waals surface area contributed by atoms with Crippen molar-refractivity contribution < 1.29 is 9.13 Å². The van der Waals surface area contributed by atoms with Crippen molar-refractivity contribution in [3.63, 3.8) is 0 Å². The number of hydrogen-bond acceptors (Lipinski definition) is 4. The van der Waals surface area contributed by atoms with Crippen LogP contribution in [0.4, 0.5) is 10.1 Å². The number of anilines is 1. The van der Waals surface area contributed by atoms with Gasteiger partial charge in [0.25, 0.3) is 0 Å². The normalized spacial score (nSPS) is 15.1. The van der Waals surface area contributed by atoms with Gasteiger partial charge in [0, 0.05) is 18.7 Å². The molecule has 0 bridgehead atoms. The summed E-state index contributed by atoms with van der Waals surface area (Å²) in [5, 5.41) is 6.66. The van der Waals surface area contributed by atoms with Crippen LogP contribution in [-0.4, -0.2) is 44.5 Å². The molecule has 1 aliphatic rings. The Labute approximate surface area is 146 Å². The molecular weight excluding hydrogens is 329 g/mol. The molecule has 0 N–H and O–H groups in total. The zero-order valence-electron chi connectivity index (χ0n) is 13.5. The van der Waals surface area contributed by atoms with E-state index in [0.29, 0.717) is 10.6 Å². The smallest absolute Gasteiger partial charge is 0.142 e. The number of para-hydroxylation sites is 2. The third-order valence-electron chi connectivity index (χ3n) is 4.03. The van der Waals surface area contributed by atoms with Gasteiger partial charge in [0.1, 0.15) is 11.6 Å². The van der Waals surface area contributed by atoms with Crippen LogP contribution in [0.3, 0.4) is 0 Å². The summed E-state index contributed by atoms with van der Waals surface area (Å²) in [6.07, 6.45) is 1.50. The summed E-state index contributed by atoms with van der Waals surface area (Å²) in [5.41, 5.74) is 1.41. The second-order valence-corrected chi connectivity index (χ2v) is 5.90. The van der Waals surface area contributed by atoms with Crippen LogP contribution in [-0.2, 0) is 0 Å². The molecule has 0 atom stereocenters. The first-order valence-electron chi connectivity index (χ1n) is 7.80. The SMILES string of the molecule is COc1ccccc1N1CCN(/N=C\c2c(F)cccc2Cl)CC1. The number of halogens is 2. The zero-order valence-corrected chi connectivity index (χ0v) is 14.2. The molecule has 1 fully saturated rings. The highest BCUT2D eigenvalue weighted by Gasteiger charge is 2.18. The highest BCUT2D eigenvalue weighted by Crippen LogP contribution is 2.28. The number of benzene rings is 2. The van der Waals surface area contributed by atoms with E-state index in [2.05, 4.69) is 16.1 Å². The Bertz CT molecular complexity index is 710. The molecule has 2 aromatic carbocycles. The van der Waals surface area contributed by atoms with Gasteiger partial charge in [0.15, 0.2) is 0 Å². The second-order valence-electron chi connectivity index (χ2n) is 5.49. The summed E-state index contributed by atoms with van der Waals surface area (Å²) in [4.78, 5) is 2.26. The first-order valence-corrected chi connectivity index (χ1v) is 8.18. The van der Waals surface area contributed by atoms with E-state index < -0.39 is 0 Å². The molecule has 0 radical (unpaired) electrons. The van der Waals surface area contributed by atoms with Crippen LogP contribution < -0.4 is 9.64 Å². The van der Waals surface area contributed by atoms with Gasteiger partial charge >= 0.3 is 0 Å². The third kappa shape index (κ3) is 3.62. The van der Waals surface area contributed by atoms with Crippen molar-refractivity contribution in [2.75, 3.05) is 38.2 Å². The predicted molar refractivity (Wildman–Crippen MR) is 95.8 cm³/mol. The van der Waals surface area contributed by atoms with Crippen molar-refractivity contribution in [3.05, 3.63) is 58.9 Å². The largest absolute Gasteiger partial charge is 0.495 e. The maximum absolute atomic E-state index is 13.8. The number of rotatable bonds is 4. The monoisotopic (exact) mass is 347 g/mol. The number of ether oxygens (including phenoxy) is 1. The number of piperazine rings is 1. The van der Waals surface area contributed by atoms with Gasteiger partial charge in [-0.25, -0.2) is 4.39 Å². The van der Waals surface area contributed by atoms with Crippen LogP contribution >= 0.6 is 11.6 Å². The summed E-state index contributed by atoms with van der Waals surface area (Å²) in [7, 11) is 1.68. The van der Waals surface area contributed by atoms with Crippen molar-refractivity contribution in [1.29, 1.82) is 0 Å². The van der Waals surface area contributed by atoms with Gasteiger partial charge in [-0.2, -0.15) is 5.10 Å². The van der Waals surface area contributed by atoms with E-state index in [1.54, 1.807) is 19.2 Å². The van der Waals surface area contributed by atoms with Crippen molar-refractivity contribution in [2.45, 2.75) is 0 Å². The molecule has 1 aliphatic heterocycles. The van der Waals surface area contributed by atoms with E-state index in [4.69, 9.17) is 16.3 Å². The highest BCUT2D eigenvalue weighted by molar-refractivity contribution is 6.33. The minimum atomic E-state index is -0.362. The first-order chi connectivity index (χ1) is 11.7. The van der Waals surface area contributed by atoms with E-state index in [9.17, 15) is 4.39 Å². The minimum absolute atomic E-state index is 0.325. The molecule has 2 aromatic rings. The third-order valence-corrected chi connectivity index (χ3v) is 4.36. The fourth-order valence-corrected chi connectivity index (χ4v) is 2.93. The summed E-state index contributed by atoms with van der Waals surface area (Å²) in [6, 6.07) is 12.6. The van der Waals surface area contributed by atoms with Crippen molar-refractivity contribution in [2.24, 2.45) is 5.10 Å². The first kappa shape index (κ1) is 16.6. The second kappa shape index (κ2) is 7.53. The fraction of sp³-hybridized carbons (Fsp3) is 0.278. The summed E-state index contributed by atoms with van der Waals surface area (Å²) >= 11 is 6.01. The molecule has 3 rings (SSSR count). The molecule has 24 heavy (non-hydrogen) atoms. The standard InChI is InChI=1S/C18H19ClFN3O/c1-24-18-8-3-2-7-17(18)22-9-11-23(12-10-22)21-13-14-15(19)5-4-6-16(14)20/h2-8,13H,9-12H2,1H3/b21-13-. The van der Waals surface area contributed by atoms with Gasteiger partial charge in [-0.3, -0.25) is 5.01 Å². The number of methoxy groups -OCH3 is 1. The molecule has 1 heterocycles. The Morgan fingerprint density at radius 1 is 1.08 bits per heavy atom. The summed E-state index contributed by atoms with van der Waals surface area (Å²) in [5.74, 6) is 0.506. The average Bonchev–Trinajstić information content (AvgIpc) is 2.62. The van der Waals surface area contributed by atoms with Gasteiger partial charge in [-0.1, -0.05) is 29.8 Å². The quantitative estimate of drug-likeness (QED) is 0.790. The predicted octanol–water partition coefficient (Wildman–Crippen LogP) is 3.64. The number of hydrogen-bond donors (Lipinski definition) is 0. The van der Waals surface area contributed by atoms with E-state index in [-0.39, 0.29) is 5.82 Å². The van der Waals surface area contributed by atoms with Gasteiger partial charge in [-0.15, -0.1) is 0 Å². The molecular formula is C18H19ClFN3O. The maximum Gasteiger partial charge on any atom is 0.142 e. The van der Waals surface area contributed by atoms with Gasteiger partial charge in [-0.05, 0) is 24.3 Å². The van der Waals surface area contributed by atoms with E-state index in [1.165, 1.54) is 12.3 Å². The zero-order chi connectivity index (χ0) is 16.9. The van der Waals surface area contributed by atoms with Crippen LogP contribution in [0, 0.1) is 5.82 Å². The number of hydrazone groups is 1. The van der Waals surface area contributed by atoms with E-state index in [0.717, 1.165) is 37.6 Å². The Morgan fingerprint density at radius 3 is 2.54 bits per heavy atom. The topological polar surface area (TPSA) is 28.1 Å². The Kier molecular flexibility index (Phi) is 5.20. The lowest BCUT2D eigenvalue weighted by molar-refractivity contribution is 0.271. The summed E-state index contributed by atoms with van der Waals surface area (Å²) < 4.78 is 19.2. The molecule has 126 valence electrons. The molecule has 1 saturated heterocycles. The molecule has 0 unspecified atom stereocenters. The number of nitrogens with zero attached hydrogens (tertiary/aromatic N) is 3. The van der Waals surface area contributed by atoms with Crippen molar-refractivity contribution in [3.8, 4) is 5.75 Å². The van der Waals surface area contributed by atoms with Gasteiger partial charge in [0.2, 0.25) is 0 Å². The molecule has 6 heteroatoms. The molecule has 0 spiro atoms. The molecule has 0 saturated carbocycles. The maximum atomic E-state index is 13.8. The molecule has 4 nitrogen and oxygen atoms in total. The Balaban J connectivity index is 1.64. The van der Waals surface area contributed by atoms with Crippen LogP contribution in [0.1, 0.15) is 5.56 Å². The molecule has 0 aromatic heterocycles. The van der Waals surface area contributed by atoms with Crippen molar-refractivity contribution >= 4 is 23.5 Å². The average molecular weight is 348 g/mol. The minimum Gasteiger partial charge on any atom is -0.495 e. The molecule has 0 amide bonds. The van der Waals surface area contributed by atoms with E-state index >= 15 is 0 Å². The van der Waals surface area contributed by atoms with Crippen LogP contribution in [0.5, 0.6) is 5.75 Å². The van der Waals surface area contributed by atoms with Crippen molar-refractivity contribution in [1.82, 2.24) is 5.01 Å². The Morgan fingerprint density at radius 2 is 1.83 bits per heavy atom. The lowest BCUT2D eigenvalue weighted by atomic mass is 10.2. The van der Waals surface area contributed by atoms with Gasteiger partial charge < -0.3 is 9.64 Å². The van der Waals surface area contributed by atoms with Crippen LogP contribution in [0.2, 0.25) is 5.02 Å². The van der Waals surface area contributed by atoms with Crippen LogP contribution in [0.15, 0.2) is 47.6 Å². The van der Waals surface area contributed by atoms with Crippen LogP contribution in [0.25, 0.3) is 0 Å². The lowest BCUT2D eigenvalue weighted by Crippen LogP contribution is -2.44. The highest BCUT2D eigenvalue weighted by atomic mass is 35.5. The summed E-state index contributed by atoms with van der Waals surface area (Å²) in [6.45, 7) is 3.15. The van der Waals surface area contributed by atoms with Gasteiger partial charge in [0.05, 0.1) is 37.1 Å². The van der Waals surface area contributed by atoms with E-state index in [1.807, 2.05) is 23.2 Å². The lowest BCUT2D eigenvalue weighted by Gasteiger charge is -2.35.